The van der Waals surface area contributed by atoms with E-state index in [9.17, 15) is 9.90 Å². The number of aliphatic hydroxyl groups excluding tert-OH is 1. The fraction of sp³-hybridized carbons (Fsp3) is 0.562. The van der Waals surface area contributed by atoms with Crippen LogP contribution in [0.4, 0.5) is 0 Å². The average Bonchev–Trinajstić information content (AvgIpc) is 3.15. The first-order valence-corrected chi connectivity index (χ1v) is 8.10. The molecule has 1 N–H and O–H groups in total. The van der Waals surface area contributed by atoms with Crippen molar-refractivity contribution in [1.29, 1.82) is 0 Å². The van der Waals surface area contributed by atoms with E-state index in [-0.39, 0.29) is 18.6 Å². The highest BCUT2D eigenvalue weighted by atomic mass is 35.5. The highest BCUT2D eigenvalue weighted by Gasteiger charge is 2.38. The second-order valence-electron chi connectivity index (χ2n) is 5.90. The smallest absolute Gasteiger partial charge is 0.260 e. The van der Waals surface area contributed by atoms with Gasteiger partial charge in [-0.2, -0.15) is 0 Å². The summed E-state index contributed by atoms with van der Waals surface area (Å²) in [4.78, 5) is 16.2. The van der Waals surface area contributed by atoms with E-state index >= 15 is 0 Å². The number of amides is 1. The average molecular weight is 325 g/mol. The lowest BCUT2D eigenvalue weighted by atomic mass is 10.2. The van der Waals surface area contributed by atoms with Crippen molar-refractivity contribution in [2.75, 3.05) is 32.8 Å². The summed E-state index contributed by atoms with van der Waals surface area (Å²) < 4.78 is 5.49. The molecule has 1 aromatic carbocycles. The lowest BCUT2D eigenvalue weighted by Gasteiger charge is -2.25. The fourth-order valence-corrected chi connectivity index (χ4v) is 3.39. The summed E-state index contributed by atoms with van der Waals surface area (Å²) in [6, 6.07) is 7.15. The van der Waals surface area contributed by atoms with Crippen molar-refractivity contribution >= 4 is 17.5 Å². The van der Waals surface area contributed by atoms with Gasteiger partial charge >= 0.3 is 0 Å². The van der Waals surface area contributed by atoms with Crippen molar-refractivity contribution in [3.8, 4) is 5.75 Å². The largest absolute Gasteiger partial charge is 0.482 e. The van der Waals surface area contributed by atoms with Gasteiger partial charge < -0.3 is 14.7 Å². The van der Waals surface area contributed by atoms with E-state index in [1.807, 2.05) is 12.1 Å². The number of likely N-dealkylation sites (tertiary alicyclic amines) is 2. The summed E-state index contributed by atoms with van der Waals surface area (Å²) in [5.41, 5.74) is 0. The molecule has 1 amide bonds. The first kappa shape index (κ1) is 15.6. The molecule has 2 heterocycles. The summed E-state index contributed by atoms with van der Waals surface area (Å²) in [7, 11) is 0. The zero-order valence-corrected chi connectivity index (χ0v) is 13.2. The van der Waals surface area contributed by atoms with Crippen LogP contribution in [0, 0.1) is 0 Å². The quantitative estimate of drug-likeness (QED) is 0.909. The number of carbonyl (C=O) groups is 1. The molecule has 3 rings (SSSR count). The summed E-state index contributed by atoms with van der Waals surface area (Å²) in [6.45, 7) is 2.93. The van der Waals surface area contributed by atoms with Crippen LogP contribution in [0.1, 0.15) is 12.8 Å². The molecule has 0 unspecified atom stereocenters. The molecule has 22 heavy (non-hydrogen) atoms. The normalized spacial score (nSPS) is 25.6. The molecule has 2 aliphatic heterocycles. The second kappa shape index (κ2) is 6.86. The molecule has 0 radical (unpaired) electrons. The van der Waals surface area contributed by atoms with Gasteiger partial charge in [0.15, 0.2) is 6.61 Å². The molecule has 1 aromatic rings. The first-order chi connectivity index (χ1) is 10.6. The van der Waals surface area contributed by atoms with E-state index in [1.54, 1.807) is 17.0 Å². The Morgan fingerprint density at radius 2 is 2.00 bits per heavy atom. The topological polar surface area (TPSA) is 53.0 Å². The van der Waals surface area contributed by atoms with Crippen LogP contribution in [0.3, 0.4) is 0 Å². The minimum absolute atomic E-state index is 0.0524. The van der Waals surface area contributed by atoms with E-state index in [0.717, 1.165) is 13.1 Å². The van der Waals surface area contributed by atoms with Crippen molar-refractivity contribution in [1.82, 2.24) is 9.80 Å². The maximum Gasteiger partial charge on any atom is 0.260 e. The lowest BCUT2D eigenvalue weighted by Crippen LogP contribution is -2.41. The number of hydrogen-bond acceptors (Lipinski definition) is 4. The lowest BCUT2D eigenvalue weighted by molar-refractivity contribution is -0.132. The van der Waals surface area contributed by atoms with Gasteiger partial charge in [-0.05, 0) is 38.1 Å². The molecule has 2 fully saturated rings. The molecule has 0 saturated carbocycles. The molecule has 2 saturated heterocycles. The molecule has 0 aliphatic carbocycles. The molecule has 0 bridgehead atoms. The Hall–Kier alpha value is -1.30. The van der Waals surface area contributed by atoms with Crippen LogP contribution >= 0.6 is 11.6 Å². The molecule has 0 spiro atoms. The molecule has 5 nitrogen and oxygen atoms in total. The summed E-state index contributed by atoms with van der Waals surface area (Å²) in [5.74, 6) is 0.397. The van der Waals surface area contributed by atoms with Crippen LogP contribution in [0.25, 0.3) is 0 Å². The molecule has 2 aliphatic rings. The van der Waals surface area contributed by atoms with Crippen molar-refractivity contribution in [2.45, 2.75) is 25.0 Å². The van der Waals surface area contributed by atoms with Gasteiger partial charge in [0.25, 0.3) is 5.91 Å². The third-order valence-electron chi connectivity index (χ3n) is 4.41. The first-order valence-electron chi connectivity index (χ1n) is 7.72. The minimum atomic E-state index is -0.470. The summed E-state index contributed by atoms with van der Waals surface area (Å²) >= 11 is 6.00. The SMILES string of the molecule is O=C(COc1ccccc1Cl)N1C[C@@H](O)[C@H](N2CCCC2)C1. The van der Waals surface area contributed by atoms with Crippen molar-refractivity contribution in [3.63, 3.8) is 0 Å². The maximum absolute atomic E-state index is 12.3. The fourth-order valence-electron chi connectivity index (χ4n) is 3.20. The Morgan fingerprint density at radius 1 is 1.27 bits per heavy atom. The third kappa shape index (κ3) is 3.37. The number of benzene rings is 1. The molecule has 120 valence electrons. The number of carbonyl (C=O) groups excluding carboxylic acids is 1. The summed E-state index contributed by atoms with van der Waals surface area (Å²) in [5, 5.41) is 10.7. The highest BCUT2D eigenvalue weighted by Crippen LogP contribution is 2.24. The third-order valence-corrected chi connectivity index (χ3v) is 4.72. The Kier molecular flexibility index (Phi) is 4.86. The minimum Gasteiger partial charge on any atom is -0.482 e. The highest BCUT2D eigenvalue weighted by molar-refractivity contribution is 6.32. The van der Waals surface area contributed by atoms with Gasteiger partial charge in [0.2, 0.25) is 0 Å². The van der Waals surface area contributed by atoms with E-state index in [1.165, 1.54) is 12.8 Å². The number of halogens is 1. The Morgan fingerprint density at radius 3 is 2.73 bits per heavy atom. The monoisotopic (exact) mass is 324 g/mol. The Bertz CT molecular complexity index is 534. The maximum atomic E-state index is 12.3. The number of rotatable bonds is 4. The molecular formula is C16H21ClN2O3. The van der Waals surface area contributed by atoms with Crippen molar-refractivity contribution in [2.24, 2.45) is 0 Å². The van der Waals surface area contributed by atoms with Crippen molar-refractivity contribution < 1.29 is 14.6 Å². The van der Waals surface area contributed by atoms with Crippen LogP contribution in [0.5, 0.6) is 5.75 Å². The van der Waals surface area contributed by atoms with Crippen LogP contribution < -0.4 is 4.74 Å². The van der Waals surface area contributed by atoms with E-state index in [2.05, 4.69) is 4.90 Å². The van der Waals surface area contributed by atoms with Gasteiger partial charge in [0.1, 0.15) is 5.75 Å². The van der Waals surface area contributed by atoms with Gasteiger partial charge in [0, 0.05) is 13.1 Å². The van der Waals surface area contributed by atoms with Crippen LogP contribution in [0.15, 0.2) is 24.3 Å². The van der Waals surface area contributed by atoms with Gasteiger partial charge in [-0.3, -0.25) is 9.69 Å². The van der Waals surface area contributed by atoms with E-state index in [4.69, 9.17) is 16.3 Å². The number of aliphatic hydroxyl groups is 1. The van der Waals surface area contributed by atoms with Crippen molar-refractivity contribution in [3.05, 3.63) is 29.3 Å². The Balaban J connectivity index is 1.53. The molecule has 2 atom stereocenters. The predicted molar refractivity (Wildman–Crippen MR) is 84.1 cm³/mol. The predicted octanol–water partition coefficient (Wildman–Crippen LogP) is 1.39. The summed E-state index contributed by atoms with van der Waals surface area (Å²) in [6.07, 6.45) is 1.88. The zero-order valence-electron chi connectivity index (χ0n) is 12.4. The van der Waals surface area contributed by atoms with Gasteiger partial charge in [0.05, 0.1) is 17.2 Å². The van der Waals surface area contributed by atoms with E-state index < -0.39 is 6.10 Å². The number of nitrogens with zero attached hydrogens (tertiary/aromatic N) is 2. The number of ether oxygens (including phenoxy) is 1. The van der Waals surface area contributed by atoms with Crippen LogP contribution in [-0.2, 0) is 4.79 Å². The van der Waals surface area contributed by atoms with Gasteiger partial charge in [-0.15, -0.1) is 0 Å². The number of β-amino-alcohol motifs (C(OH)–C–C–N with tert-alkyl or cyclic N) is 1. The van der Waals surface area contributed by atoms with Crippen LogP contribution in [0.2, 0.25) is 5.02 Å². The number of para-hydroxylation sites is 1. The molecule has 6 heteroatoms. The molecule has 0 aromatic heterocycles. The van der Waals surface area contributed by atoms with Gasteiger partial charge in [-0.25, -0.2) is 0 Å². The van der Waals surface area contributed by atoms with Crippen LogP contribution in [-0.4, -0.2) is 65.7 Å². The zero-order chi connectivity index (χ0) is 15.5. The Labute approximate surface area is 135 Å². The standard InChI is InChI=1S/C16H21ClN2O3/c17-12-5-1-2-6-15(12)22-11-16(21)19-9-13(14(20)10-19)18-7-3-4-8-18/h1-2,5-6,13-14,20H,3-4,7-11H2/t13-,14-/m1/s1. The number of hydrogen-bond donors (Lipinski definition) is 1. The molecular weight excluding hydrogens is 304 g/mol. The van der Waals surface area contributed by atoms with Gasteiger partial charge in [-0.1, -0.05) is 23.7 Å². The van der Waals surface area contributed by atoms with E-state index in [0.29, 0.717) is 23.9 Å². The second-order valence-corrected chi connectivity index (χ2v) is 6.30.